The zero-order valence-electron chi connectivity index (χ0n) is 27.7. The van der Waals surface area contributed by atoms with Crippen molar-refractivity contribution in [3.05, 3.63) is 11.6 Å². The largest absolute Gasteiger partial charge is 0.378 e. The van der Waals surface area contributed by atoms with Gasteiger partial charge in [-0.3, -0.25) is 4.55 Å². The number of rotatable bonds is 14. The van der Waals surface area contributed by atoms with Crippen molar-refractivity contribution < 1.29 is 22.2 Å². The lowest BCUT2D eigenvalue weighted by molar-refractivity contribution is -0.890. The second-order valence-electron chi connectivity index (χ2n) is 16.4. The Labute approximate surface area is 253 Å². The second kappa shape index (κ2) is 13.3. The minimum atomic E-state index is -3.87. The number of fused-ring (bicyclic) bond motifs is 5. The fourth-order valence-electron chi connectivity index (χ4n) is 10.3. The van der Waals surface area contributed by atoms with Gasteiger partial charge >= 0.3 is 0 Å². The number of ether oxygens (including phenoxy) is 1. The monoisotopic (exact) mass is 594 g/mol. The molecule has 0 amide bonds. The van der Waals surface area contributed by atoms with E-state index in [0.29, 0.717) is 23.4 Å². The van der Waals surface area contributed by atoms with Gasteiger partial charge in [-0.15, -0.1) is 0 Å². The summed E-state index contributed by atoms with van der Waals surface area (Å²) < 4.78 is 38.3. The average molecular weight is 595 g/mol. The Morgan fingerprint density at radius 1 is 0.976 bits per heavy atom. The second-order valence-corrected chi connectivity index (χ2v) is 18.0. The van der Waals surface area contributed by atoms with Crippen LogP contribution >= 0.6 is 0 Å². The molecule has 4 aliphatic rings. The van der Waals surface area contributed by atoms with Gasteiger partial charge < -0.3 is 9.22 Å². The van der Waals surface area contributed by atoms with Crippen molar-refractivity contribution in [2.45, 2.75) is 124 Å². The maximum Gasteiger partial charge on any atom is 0.265 e. The molecular formula is C35H64NO4S+. The molecule has 0 bridgehead atoms. The van der Waals surface area contributed by atoms with Crippen LogP contribution in [0.5, 0.6) is 0 Å². The SMILES string of the molecule is CC(C)CCC[C@@H](C)[C@H]1CC[C@H]2[C@@H]3CC=C4C[C@@H](OCCC[N+](C)(C)CCCS(=O)(=O)O)CC[C@]4(C)[C@H]3CC[C@]12C. The minimum absolute atomic E-state index is 0.152. The first-order valence-electron chi connectivity index (χ1n) is 17.2. The first-order chi connectivity index (χ1) is 19.1. The third-order valence-electron chi connectivity index (χ3n) is 12.7. The van der Waals surface area contributed by atoms with Crippen LogP contribution in [0.1, 0.15) is 118 Å². The smallest absolute Gasteiger partial charge is 0.265 e. The predicted octanol–water partition coefficient (Wildman–Crippen LogP) is 8.16. The summed E-state index contributed by atoms with van der Waals surface area (Å²) >= 11 is 0. The lowest BCUT2D eigenvalue weighted by atomic mass is 9.47. The summed E-state index contributed by atoms with van der Waals surface area (Å²) in [4.78, 5) is 0. The van der Waals surface area contributed by atoms with Crippen LogP contribution in [-0.2, 0) is 14.9 Å². The molecular weight excluding hydrogens is 530 g/mol. The predicted molar refractivity (Wildman–Crippen MR) is 170 cm³/mol. The van der Waals surface area contributed by atoms with E-state index in [1.165, 1.54) is 64.2 Å². The molecule has 4 aliphatic carbocycles. The van der Waals surface area contributed by atoms with Crippen molar-refractivity contribution in [2.24, 2.45) is 46.3 Å². The van der Waals surface area contributed by atoms with Crippen LogP contribution in [0, 0.1) is 46.3 Å². The van der Waals surface area contributed by atoms with Crippen molar-refractivity contribution in [1.82, 2.24) is 0 Å². The van der Waals surface area contributed by atoms with E-state index in [4.69, 9.17) is 9.29 Å². The summed E-state index contributed by atoms with van der Waals surface area (Å²) in [6.45, 7) is 15.1. The Morgan fingerprint density at radius 2 is 1.71 bits per heavy atom. The lowest BCUT2D eigenvalue weighted by Crippen LogP contribution is -2.51. The van der Waals surface area contributed by atoms with E-state index < -0.39 is 10.1 Å². The molecule has 3 fully saturated rings. The van der Waals surface area contributed by atoms with Crippen molar-refractivity contribution >= 4 is 10.1 Å². The number of hydrogen-bond donors (Lipinski definition) is 1. The zero-order valence-corrected chi connectivity index (χ0v) is 28.5. The fraction of sp³-hybridized carbons (Fsp3) is 0.943. The van der Waals surface area contributed by atoms with E-state index in [1.54, 1.807) is 5.57 Å². The van der Waals surface area contributed by atoms with Crippen LogP contribution in [0.15, 0.2) is 11.6 Å². The number of hydrogen-bond acceptors (Lipinski definition) is 3. The molecule has 5 nitrogen and oxygen atoms in total. The van der Waals surface area contributed by atoms with Gasteiger partial charge in [0.1, 0.15) is 0 Å². The highest BCUT2D eigenvalue weighted by atomic mass is 32.2. The van der Waals surface area contributed by atoms with E-state index in [0.717, 1.165) is 72.5 Å². The molecule has 0 aromatic rings. The zero-order chi connectivity index (χ0) is 30.1. The van der Waals surface area contributed by atoms with E-state index in [-0.39, 0.29) is 5.75 Å². The first-order valence-corrected chi connectivity index (χ1v) is 18.8. The van der Waals surface area contributed by atoms with Gasteiger partial charge in [0.25, 0.3) is 10.1 Å². The van der Waals surface area contributed by atoms with Gasteiger partial charge in [0.05, 0.1) is 45.6 Å². The Morgan fingerprint density at radius 3 is 2.41 bits per heavy atom. The normalized spacial score (nSPS) is 36.4. The quantitative estimate of drug-likeness (QED) is 0.0954. The molecule has 8 atom stereocenters. The lowest BCUT2D eigenvalue weighted by Gasteiger charge is -2.58. The van der Waals surface area contributed by atoms with Crippen LogP contribution in [0.4, 0.5) is 0 Å². The third-order valence-corrected chi connectivity index (χ3v) is 13.5. The van der Waals surface area contributed by atoms with E-state index >= 15 is 0 Å². The maximum absolute atomic E-state index is 11.0. The highest BCUT2D eigenvalue weighted by molar-refractivity contribution is 7.85. The Balaban J connectivity index is 1.28. The topological polar surface area (TPSA) is 63.6 Å². The summed E-state index contributed by atoms with van der Waals surface area (Å²) in [5, 5.41) is 0. The molecule has 0 unspecified atom stereocenters. The number of quaternary nitrogens is 1. The first kappa shape index (κ1) is 33.5. The van der Waals surface area contributed by atoms with Gasteiger partial charge in [-0.05, 0) is 97.7 Å². The van der Waals surface area contributed by atoms with Gasteiger partial charge in [0, 0.05) is 12.8 Å². The molecule has 4 rings (SSSR count). The van der Waals surface area contributed by atoms with E-state index in [1.807, 2.05) is 0 Å². The molecule has 1 N–H and O–H groups in total. The van der Waals surface area contributed by atoms with Crippen molar-refractivity contribution in [2.75, 3.05) is 39.5 Å². The fourth-order valence-corrected chi connectivity index (χ4v) is 10.8. The van der Waals surface area contributed by atoms with Crippen LogP contribution < -0.4 is 0 Å². The molecule has 0 heterocycles. The molecule has 3 saturated carbocycles. The molecule has 41 heavy (non-hydrogen) atoms. The van der Waals surface area contributed by atoms with Gasteiger partial charge in [-0.1, -0.05) is 65.5 Å². The summed E-state index contributed by atoms with van der Waals surface area (Å²) in [6.07, 6.45) is 19.4. The molecule has 0 spiro atoms. The van der Waals surface area contributed by atoms with E-state index in [2.05, 4.69) is 54.8 Å². The molecule has 0 aromatic heterocycles. The summed E-state index contributed by atoms with van der Waals surface area (Å²) in [5.74, 6) is 5.14. The summed E-state index contributed by atoms with van der Waals surface area (Å²) in [6, 6.07) is 0. The van der Waals surface area contributed by atoms with Crippen LogP contribution in [0.2, 0.25) is 0 Å². The molecule has 0 aromatic carbocycles. The third kappa shape index (κ3) is 8.00. The Bertz CT molecular complexity index is 1010. The highest BCUT2D eigenvalue weighted by Gasteiger charge is 2.59. The minimum Gasteiger partial charge on any atom is -0.378 e. The van der Waals surface area contributed by atoms with Crippen LogP contribution in [0.3, 0.4) is 0 Å². The standard InChI is InChI=1S/C35H63NO4S/c1-26(2)11-8-12-27(3)31-15-16-32-30-14-13-28-25-29(17-19-34(28,4)33(30)18-20-35(31,32)5)40-23-9-21-36(6,7)22-10-24-41(37,38)39/h13,26-27,29-33H,8-12,14-25H2,1-7H3/p+1/t27-,29+,30+,31-,32+,33+,34+,35-/m1/s1. The van der Waals surface area contributed by atoms with Gasteiger partial charge in [-0.2, -0.15) is 8.42 Å². The Kier molecular flexibility index (Phi) is 10.8. The van der Waals surface area contributed by atoms with Gasteiger partial charge in [-0.25, -0.2) is 0 Å². The molecule has 0 saturated heterocycles. The van der Waals surface area contributed by atoms with E-state index in [9.17, 15) is 8.42 Å². The Hall–Kier alpha value is -0.430. The van der Waals surface area contributed by atoms with Gasteiger partial charge in [0.2, 0.25) is 0 Å². The van der Waals surface area contributed by atoms with Crippen LogP contribution in [0.25, 0.3) is 0 Å². The molecule has 6 heteroatoms. The number of nitrogens with zero attached hydrogens (tertiary/aromatic N) is 1. The molecule has 0 radical (unpaired) electrons. The molecule has 238 valence electrons. The maximum atomic E-state index is 11.0. The average Bonchev–Trinajstić information content (AvgIpc) is 3.23. The summed E-state index contributed by atoms with van der Waals surface area (Å²) in [7, 11) is 0.399. The van der Waals surface area contributed by atoms with Crippen molar-refractivity contribution in [1.29, 1.82) is 0 Å². The molecule has 0 aliphatic heterocycles. The van der Waals surface area contributed by atoms with Crippen LogP contribution in [-0.4, -0.2) is 63.1 Å². The highest BCUT2D eigenvalue weighted by Crippen LogP contribution is 2.67. The number of allylic oxidation sites excluding steroid dienone is 1. The summed E-state index contributed by atoms with van der Waals surface area (Å²) in [5.41, 5.74) is 2.63. The van der Waals surface area contributed by atoms with Gasteiger partial charge in [0.15, 0.2) is 0 Å². The van der Waals surface area contributed by atoms with Crippen molar-refractivity contribution in [3.8, 4) is 0 Å². The van der Waals surface area contributed by atoms with Crippen molar-refractivity contribution in [3.63, 3.8) is 0 Å².